The zero-order valence-corrected chi connectivity index (χ0v) is 8.94. The second-order valence-electron chi connectivity index (χ2n) is 3.94. The van der Waals surface area contributed by atoms with Gasteiger partial charge in [0.1, 0.15) is 5.82 Å². The van der Waals surface area contributed by atoms with Gasteiger partial charge in [-0.05, 0) is 23.8 Å². The van der Waals surface area contributed by atoms with Gasteiger partial charge in [0.25, 0.3) is 0 Å². The quantitative estimate of drug-likeness (QED) is 0.743. The molecule has 1 atom stereocenters. The lowest BCUT2D eigenvalue weighted by molar-refractivity contribution is -0.138. The van der Waals surface area contributed by atoms with Gasteiger partial charge in [0, 0.05) is 25.7 Å². The van der Waals surface area contributed by atoms with Crippen LogP contribution in [0.15, 0.2) is 18.2 Å². The number of hydrogen-bond donors (Lipinski definition) is 2. The predicted molar refractivity (Wildman–Crippen MR) is 55.0 cm³/mol. The lowest BCUT2D eigenvalue weighted by Crippen LogP contribution is -2.43. The van der Waals surface area contributed by atoms with Crippen LogP contribution < -0.4 is 10.6 Å². The molecule has 0 spiro atoms. The molecule has 1 aliphatic rings. The number of rotatable bonds is 1. The fraction of sp³-hybridized carbons (Fsp3) is 0.455. The summed E-state index contributed by atoms with van der Waals surface area (Å²) in [5.41, 5.74) is -0.815. The Morgan fingerprint density at radius 2 is 1.94 bits per heavy atom. The number of benzene rings is 1. The fourth-order valence-corrected chi connectivity index (χ4v) is 1.95. The average Bonchev–Trinajstić information content (AvgIpc) is 2.28. The Morgan fingerprint density at radius 3 is 2.53 bits per heavy atom. The van der Waals surface area contributed by atoms with Gasteiger partial charge in [0.05, 0.1) is 5.56 Å². The first-order chi connectivity index (χ1) is 7.98. The zero-order valence-electron chi connectivity index (χ0n) is 8.94. The highest BCUT2D eigenvalue weighted by atomic mass is 19.4. The Labute approximate surface area is 96.0 Å². The van der Waals surface area contributed by atoms with Crippen LogP contribution in [0.4, 0.5) is 17.6 Å². The van der Waals surface area contributed by atoms with Crippen molar-refractivity contribution in [3.05, 3.63) is 35.1 Å². The summed E-state index contributed by atoms with van der Waals surface area (Å²) in [4.78, 5) is 0. The molecule has 2 N–H and O–H groups in total. The van der Waals surface area contributed by atoms with Crippen molar-refractivity contribution in [2.45, 2.75) is 12.2 Å². The molecule has 17 heavy (non-hydrogen) atoms. The Kier molecular flexibility index (Phi) is 3.35. The number of alkyl halides is 3. The normalized spacial score (nSPS) is 21.5. The van der Waals surface area contributed by atoms with Crippen LogP contribution in [0.25, 0.3) is 0 Å². The molecule has 0 bridgehead atoms. The predicted octanol–water partition coefficient (Wildman–Crippen LogP) is 2.08. The fourth-order valence-electron chi connectivity index (χ4n) is 1.95. The molecule has 1 heterocycles. The third kappa shape index (κ3) is 2.76. The lowest BCUT2D eigenvalue weighted by atomic mass is 9.98. The molecule has 1 saturated heterocycles. The molecule has 0 unspecified atom stereocenters. The molecule has 6 heteroatoms. The van der Waals surface area contributed by atoms with Gasteiger partial charge in [-0.1, -0.05) is 0 Å². The molecule has 94 valence electrons. The van der Waals surface area contributed by atoms with E-state index in [0.717, 1.165) is 18.2 Å². The van der Waals surface area contributed by atoms with E-state index in [4.69, 9.17) is 0 Å². The highest BCUT2D eigenvalue weighted by Gasteiger charge is 2.35. The van der Waals surface area contributed by atoms with Crippen LogP contribution in [-0.2, 0) is 6.18 Å². The molecule has 1 aromatic carbocycles. The van der Waals surface area contributed by atoms with Gasteiger partial charge in [-0.3, -0.25) is 0 Å². The van der Waals surface area contributed by atoms with E-state index in [9.17, 15) is 17.6 Å². The number of nitrogens with one attached hydrogen (secondary N) is 2. The van der Waals surface area contributed by atoms with E-state index in [1.54, 1.807) is 0 Å². The van der Waals surface area contributed by atoms with Crippen molar-refractivity contribution in [3.8, 4) is 0 Å². The van der Waals surface area contributed by atoms with Crippen LogP contribution in [0.5, 0.6) is 0 Å². The summed E-state index contributed by atoms with van der Waals surface area (Å²) in [6.07, 6.45) is -4.46. The van der Waals surface area contributed by atoms with Crippen molar-refractivity contribution in [2.24, 2.45) is 0 Å². The van der Waals surface area contributed by atoms with Gasteiger partial charge in [0.15, 0.2) is 0 Å². The minimum Gasteiger partial charge on any atom is -0.314 e. The minimum atomic E-state index is -4.46. The maximum atomic E-state index is 13.1. The Hall–Kier alpha value is -1.14. The lowest BCUT2D eigenvalue weighted by Gasteiger charge is -2.27. The number of halogens is 4. The van der Waals surface area contributed by atoms with E-state index in [1.807, 2.05) is 0 Å². The molecule has 0 aromatic heterocycles. The Morgan fingerprint density at radius 1 is 1.18 bits per heavy atom. The zero-order chi connectivity index (χ0) is 12.5. The molecular weight excluding hydrogens is 236 g/mol. The van der Waals surface area contributed by atoms with E-state index in [-0.39, 0.29) is 5.56 Å². The van der Waals surface area contributed by atoms with Crippen molar-refractivity contribution in [3.63, 3.8) is 0 Å². The standard InChI is InChI=1S/C11H12F4N2/c12-7-1-2-9(11(13,14)15)8(5-7)10-6-16-3-4-17-10/h1-2,5,10,16-17H,3-4,6H2/t10-/m1/s1. The van der Waals surface area contributed by atoms with Gasteiger partial charge in [0.2, 0.25) is 0 Å². The monoisotopic (exact) mass is 248 g/mol. The van der Waals surface area contributed by atoms with E-state index in [2.05, 4.69) is 10.6 Å². The second kappa shape index (κ2) is 4.62. The molecule has 0 amide bonds. The first kappa shape index (κ1) is 12.3. The summed E-state index contributed by atoms with van der Waals surface area (Å²) in [7, 11) is 0. The average molecular weight is 248 g/mol. The summed E-state index contributed by atoms with van der Waals surface area (Å²) in [5, 5.41) is 5.93. The van der Waals surface area contributed by atoms with Crippen molar-refractivity contribution < 1.29 is 17.6 Å². The van der Waals surface area contributed by atoms with Crippen molar-refractivity contribution in [1.29, 1.82) is 0 Å². The smallest absolute Gasteiger partial charge is 0.314 e. The van der Waals surface area contributed by atoms with E-state index >= 15 is 0 Å². The molecule has 1 fully saturated rings. The summed E-state index contributed by atoms with van der Waals surface area (Å²) < 4.78 is 51.4. The SMILES string of the molecule is Fc1ccc(C(F)(F)F)c([C@H]2CNCCN2)c1. The second-order valence-corrected chi connectivity index (χ2v) is 3.94. The van der Waals surface area contributed by atoms with E-state index in [0.29, 0.717) is 19.6 Å². The van der Waals surface area contributed by atoms with Crippen molar-refractivity contribution in [2.75, 3.05) is 19.6 Å². The molecular formula is C11H12F4N2. The van der Waals surface area contributed by atoms with Crippen LogP contribution in [0.3, 0.4) is 0 Å². The van der Waals surface area contributed by atoms with Crippen LogP contribution in [-0.4, -0.2) is 19.6 Å². The Balaban J connectivity index is 2.39. The molecule has 0 aliphatic carbocycles. The Bertz CT molecular complexity index is 397. The number of piperazine rings is 1. The van der Waals surface area contributed by atoms with Gasteiger partial charge in [-0.25, -0.2) is 4.39 Å². The third-order valence-corrected chi connectivity index (χ3v) is 2.74. The highest BCUT2D eigenvalue weighted by molar-refractivity contribution is 5.33. The van der Waals surface area contributed by atoms with Crippen molar-refractivity contribution in [1.82, 2.24) is 10.6 Å². The first-order valence-electron chi connectivity index (χ1n) is 5.29. The minimum absolute atomic E-state index is 0.0373. The van der Waals surface area contributed by atoms with Crippen LogP contribution >= 0.6 is 0 Å². The van der Waals surface area contributed by atoms with Crippen LogP contribution in [0, 0.1) is 5.82 Å². The van der Waals surface area contributed by atoms with Crippen LogP contribution in [0.2, 0.25) is 0 Å². The summed E-state index contributed by atoms with van der Waals surface area (Å²) in [6.45, 7) is 1.64. The topological polar surface area (TPSA) is 24.1 Å². The van der Waals surface area contributed by atoms with E-state index in [1.165, 1.54) is 0 Å². The largest absolute Gasteiger partial charge is 0.416 e. The summed E-state index contributed by atoms with van der Waals surface area (Å²) in [6, 6.07) is 2.08. The maximum Gasteiger partial charge on any atom is 0.416 e. The molecule has 1 aliphatic heterocycles. The molecule has 1 aromatic rings. The van der Waals surface area contributed by atoms with E-state index < -0.39 is 23.6 Å². The first-order valence-corrected chi connectivity index (χ1v) is 5.29. The molecule has 2 rings (SSSR count). The number of hydrogen-bond acceptors (Lipinski definition) is 2. The maximum absolute atomic E-state index is 13.1. The van der Waals surface area contributed by atoms with Crippen LogP contribution in [0.1, 0.15) is 17.2 Å². The molecule has 0 radical (unpaired) electrons. The highest BCUT2D eigenvalue weighted by Crippen LogP contribution is 2.35. The summed E-state index contributed by atoms with van der Waals surface area (Å²) in [5.74, 6) is -0.652. The van der Waals surface area contributed by atoms with Gasteiger partial charge in [-0.15, -0.1) is 0 Å². The van der Waals surface area contributed by atoms with Crippen molar-refractivity contribution >= 4 is 0 Å². The van der Waals surface area contributed by atoms with Gasteiger partial charge < -0.3 is 10.6 Å². The third-order valence-electron chi connectivity index (χ3n) is 2.74. The molecule has 0 saturated carbocycles. The van der Waals surface area contributed by atoms with Gasteiger partial charge in [-0.2, -0.15) is 13.2 Å². The van der Waals surface area contributed by atoms with Gasteiger partial charge >= 0.3 is 6.18 Å². The summed E-state index contributed by atoms with van der Waals surface area (Å²) >= 11 is 0. The molecule has 2 nitrogen and oxygen atoms in total.